The first kappa shape index (κ1) is 36.0. The predicted octanol–water partition coefficient (Wildman–Crippen LogP) is 5.45. The number of nitrogens with one attached hydrogen (secondary N) is 2. The molecule has 254 valence electrons. The fourth-order valence-electron chi connectivity index (χ4n) is 4.48. The van der Waals surface area contributed by atoms with E-state index in [0.717, 1.165) is 23.1 Å². The molecule has 0 bridgehead atoms. The van der Waals surface area contributed by atoms with Crippen LogP contribution in [0.3, 0.4) is 0 Å². The molecule has 0 aliphatic heterocycles. The molecule has 2 amide bonds. The third-order valence-electron chi connectivity index (χ3n) is 6.84. The molecule has 0 saturated heterocycles. The van der Waals surface area contributed by atoms with Gasteiger partial charge in [-0.25, -0.2) is 9.59 Å². The van der Waals surface area contributed by atoms with Gasteiger partial charge in [0, 0.05) is 11.3 Å². The Hall–Kier alpha value is -4.89. The molecule has 2 aromatic heterocycles. The molecule has 0 aliphatic rings. The lowest BCUT2D eigenvalue weighted by atomic mass is 10.1. The molecule has 2 heterocycles. The quantitative estimate of drug-likeness (QED) is 0.120. The van der Waals surface area contributed by atoms with Crippen LogP contribution in [-0.4, -0.2) is 70.7 Å². The number of esters is 2. The van der Waals surface area contributed by atoms with Crippen molar-refractivity contribution < 1.29 is 38.1 Å². The van der Waals surface area contributed by atoms with Gasteiger partial charge >= 0.3 is 11.9 Å². The highest BCUT2D eigenvalue weighted by atomic mass is 32.2. The molecular weight excluding hydrogens is 659 g/mol. The van der Waals surface area contributed by atoms with Crippen molar-refractivity contribution in [2.75, 3.05) is 32.2 Å². The van der Waals surface area contributed by atoms with Crippen molar-refractivity contribution in [1.29, 1.82) is 0 Å². The van der Waals surface area contributed by atoms with E-state index < -0.39 is 23.1 Å². The lowest BCUT2D eigenvalue weighted by Gasteiger charge is -2.15. The second-order valence-electron chi connectivity index (χ2n) is 10.0. The van der Waals surface area contributed by atoms with E-state index in [0.29, 0.717) is 45.9 Å². The van der Waals surface area contributed by atoms with Gasteiger partial charge in [-0.3, -0.25) is 14.2 Å². The van der Waals surface area contributed by atoms with Gasteiger partial charge in [-0.1, -0.05) is 11.8 Å². The van der Waals surface area contributed by atoms with Crippen molar-refractivity contribution in [1.82, 2.24) is 20.1 Å². The molecule has 0 aliphatic carbocycles. The lowest BCUT2D eigenvalue weighted by Crippen LogP contribution is -2.25. The first-order valence-corrected chi connectivity index (χ1v) is 16.9. The average molecular weight is 696 g/mol. The average Bonchev–Trinajstić information content (AvgIpc) is 3.63. The standard InChI is InChI=1S/C33H37N5O8S2/c1-7-44-24-16-12-22(13-17-24)38-25(18-34-29(40)21-10-14-23(43-6)15-11-21)36-37-33(38)47-20(5)28(39)35-30-26(31(41)45-8-2)19(4)27(48-30)32(42)46-9-3/h10-17,20H,7-9,18H2,1-6H3,(H,34,40)(H,35,39). The summed E-state index contributed by atoms with van der Waals surface area (Å²) in [6, 6.07) is 14.0. The molecule has 2 aromatic carbocycles. The van der Waals surface area contributed by atoms with Crippen molar-refractivity contribution in [3.8, 4) is 17.2 Å². The van der Waals surface area contributed by atoms with E-state index in [-0.39, 0.29) is 41.1 Å². The van der Waals surface area contributed by atoms with Crippen LogP contribution in [-0.2, 0) is 20.8 Å². The highest BCUT2D eigenvalue weighted by molar-refractivity contribution is 8.00. The van der Waals surface area contributed by atoms with Gasteiger partial charge in [-0.05, 0) is 88.7 Å². The van der Waals surface area contributed by atoms with Crippen LogP contribution in [0.5, 0.6) is 11.5 Å². The zero-order valence-electron chi connectivity index (χ0n) is 27.4. The number of carbonyl (C=O) groups excluding carboxylic acids is 4. The normalized spacial score (nSPS) is 11.4. The third kappa shape index (κ3) is 8.52. The Morgan fingerprint density at radius 3 is 2.17 bits per heavy atom. The summed E-state index contributed by atoms with van der Waals surface area (Å²) in [5.74, 6) is -0.278. The van der Waals surface area contributed by atoms with Crippen LogP contribution in [0.15, 0.2) is 53.7 Å². The lowest BCUT2D eigenvalue weighted by molar-refractivity contribution is -0.115. The first-order chi connectivity index (χ1) is 23.1. The number of hydrogen-bond donors (Lipinski definition) is 2. The van der Waals surface area contributed by atoms with Crippen molar-refractivity contribution >= 4 is 51.9 Å². The van der Waals surface area contributed by atoms with Gasteiger partial charge in [0.1, 0.15) is 21.4 Å². The maximum absolute atomic E-state index is 13.5. The van der Waals surface area contributed by atoms with Crippen LogP contribution in [0.2, 0.25) is 0 Å². The van der Waals surface area contributed by atoms with Gasteiger partial charge in [0.2, 0.25) is 5.91 Å². The van der Waals surface area contributed by atoms with E-state index in [2.05, 4.69) is 20.8 Å². The van der Waals surface area contributed by atoms with Crippen molar-refractivity contribution in [2.24, 2.45) is 0 Å². The van der Waals surface area contributed by atoms with Gasteiger partial charge in [-0.15, -0.1) is 21.5 Å². The highest BCUT2D eigenvalue weighted by Crippen LogP contribution is 2.35. The molecule has 0 fully saturated rings. The van der Waals surface area contributed by atoms with E-state index in [9.17, 15) is 19.2 Å². The number of methoxy groups -OCH3 is 1. The zero-order valence-corrected chi connectivity index (χ0v) is 29.1. The van der Waals surface area contributed by atoms with E-state index in [1.807, 2.05) is 19.1 Å². The number of benzene rings is 2. The SMILES string of the molecule is CCOC(=O)c1sc(NC(=O)C(C)Sc2nnc(CNC(=O)c3ccc(OC)cc3)n2-c2ccc(OCC)cc2)c(C(=O)OCC)c1C. The van der Waals surface area contributed by atoms with Crippen LogP contribution in [0.1, 0.15) is 69.5 Å². The van der Waals surface area contributed by atoms with Crippen LogP contribution >= 0.6 is 23.1 Å². The van der Waals surface area contributed by atoms with E-state index >= 15 is 0 Å². The fourth-order valence-corrected chi connectivity index (χ4v) is 6.46. The molecule has 15 heteroatoms. The Bertz CT molecular complexity index is 1750. The number of hydrogen-bond acceptors (Lipinski definition) is 12. The second kappa shape index (κ2) is 16.8. The number of aromatic nitrogens is 3. The number of thioether (sulfide) groups is 1. The molecule has 4 aromatic rings. The maximum atomic E-state index is 13.5. The summed E-state index contributed by atoms with van der Waals surface area (Å²) >= 11 is 2.08. The molecule has 0 spiro atoms. The van der Waals surface area contributed by atoms with Crippen molar-refractivity contribution in [3.63, 3.8) is 0 Å². The van der Waals surface area contributed by atoms with Gasteiger partial charge in [-0.2, -0.15) is 0 Å². The summed E-state index contributed by atoms with van der Waals surface area (Å²) in [6.45, 7) is 9.35. The van der Waals surface area contributed by atoms with Crippen LogP contribution in [0, 0.1) is 6.92 Å². The smallest absolute Gasteiger partial charge is 0.348 e. The second-order valence-corrected chi connectivity index (χ2v) is 12.4. The molecule has 0 radical (unpaired) electrons. The Morgan fingerprint density at radius 2 is 1.54 bits per heavy atom. The molecule has 2 N–H and O–H groups in total. The Kier molecular flexibility index (Phi) is 12.6. The highest BCUT2D eigenvalue weighted by Gasteiger charge is 2.29. The largest absolute Gasteiger partial charge is 0.497 e. The molecule has 13 nitrogen and oxygen atoms in total. The maximum Gasteiger partial charge on any atom is 0.348 e. The minimum atomic E-state index is -0.735. The minimum absolute atomic E-state index is 0.0419. The van der Waals surface area contributed by atoms with E-state index in [1.165, 1.54) is 0 Å². The number of rotatable bonds is 15. The van der Waals surface area contributed by atoms with Crippen LogP contribution in [0.25, 0.3) is 5.69 Å². The summed E-state index contributed by atoms with van der Waals surface area (Å²) in [4.78, 5) is 52.0. The van der Waals surface area contributed by atoms with Gasteiger partial charge in [0.25, 0.3) is 5.91 Å². The van der Waals surface area contributed by atoms with E-state index in [1.54, 1.807) is 75.8 Å². The number of carbonyl (C=O) groups is 4. The monoisotopic (exact) mass is 695 g/mol. The number of nitrogens with zero attached hydrogens (tertiary/aromatic N) is 3. The Labute approximate surface area is 286 Å². The van der Waals surface area contributed by atoms with Crippen LogP contribution in [0.4, 0.5) is 5.00 Å². The molecule has 1 unspecified atom stereocenters. The van der Waals surface area contributed by atoms with Crippen molar-refractivity contribution in [2.45, 2.75) is 51.6 Å². The molecule has 48 heavy (non-hydrogen) atoms. The molecule has 1 atom stereocenters. The molecular formula is C33H37N5O8S2. The summed E-state index contributed by atoms with van der Waals surface area (Å²) in [6.07, 6.45) is 0. The topological polar surface area (TPSA) is 160 Å². The zero-order chi connectivity index (χ0) is 34.8. The van der Waals surface area contributed by atoms with Crippen LogP contribution < -0.4 is 20.1 Å². The van der Waals surface area contributed by atoms with Crippen molar-refractivity contribution in [3.05, 3.63) is 75.9 Å². The summed E-state index contributed by atoms with van der Waals surface area (Å²) < 4.78 is 22.9. The van der Waals surface area contributed by atoms with Gasteiger partial charge < -0.3 is 29.6 Å². The number of amides is 2. The Morgan fingerprint density at radius 1 is 0.896 bits per heavy atom. The third-order valence-corrected chi connectivity index (χ3v) is 9.07. The predicted molar refractivity (Wildman–Crippen MR) is 182 cm³/mol. The first-order valence-electron chi connectivity index (χ1n) is 15.2. The number of ether oxygens (including phenoxy) is 4. The van der Waals surface area contributed by atoms with Gasteiger partial charge in [0.15, 0.2) is 11.0 Å². The summed E-state index contributed by atoms with van der Waals surface area (Å²) in [5.41, 5.74) is 1.59. The summed E-state index contributed by atoms with van der Waals surface area (Å²) in [7, 11) is 1.55. The molecule has 4 rings (SSSR count). The van der Waals surface area contributed by atoms with Gasteiger partial charge in [0.05, 0.1) is 44.3 Å². The Balaban J connectivity index is 1.59. The molecule has 0 saturated carbocycles. The van der Waals surface area contributed by atoms with E-state index in [4.69, 9.17) is 18.9 Å². The minimum Gasteiger partial charge on any atom is -0.497 e. The summed E-state index contributed by atoms with van der Waals surface area (Å²) in [5, 5.41) is 14.2. The fraction of sp³-hybridized carbons (Fsp3) is 0.333. The number of thiophene rings is 1. The number of anilines is 1.